The van der Waals surface area contributed by atoms with Gasteiger partial charge in [-0.25, -0.2) is 0 Å². The fourth-order valence-electron chi connectivity index (χ4n) is 2.18. The molecule has 0 bridgehead atoms. The summed E-state index contributed by atoms with van der Waals surface area (Å²) in [6, 6.07) is 0. The molecule has 1 aromatic heterocycles. The van der Waals surface area contributed by atoms with Crippen LogP contribution < -0.4 is 10.5 Å². The number of aryl methyl sites for hydroxylation is 1. The number of ether oxygens (including phenoxy) is 1. The molecule has 0 aromatic carbocycles. The van der Waals surface area contributed by atoms with Crippen molar-refractivity contribution >= 4 is 33.2 Å². The van der Waals surface area contributed by atoms with Crippen LogP contribution in [-0.2, 0) is 0 Å². The van der Waals surface area contributed by atoms with Gasteiger partial charge in [0.2, 0.25) is 0 Å². The molecule has 1 fully saturated rings. The molecule has 1 saturated heterocycles. The molecule has 0 radical (unpaired) electrons. The summed E-state index contributed by atoms with van der Waals surface area (Å²) in [4.78, 5) is 16.1. The van der Waals surface area contributed by atoms with Crippen LogP contribution in [0.5, 0.6) is 5.75 Å². The molecule has 1 aromatic rings. The van der Waals surface area contributed by atoms with Crippen LogP contribution in [-0.4, -0.2) is 37.6 Å². The Hall–Kier alpha value is -0.590. The highest BCUT2D eigenvalue weighted by atomic mass is 79.9. The van der Waals surface area contributed by atoms with Crippen molar-refractivity contribution in [2.45, 2.75) is 13.3 Å². The van der Waals surface area contributed by atoms with E-state index in [4.69, 9.17) is 10.5 Å². The Morgan fingerprint density at radius 3 is 2.94 bits per heavy atom. The van der Waals surface area contributed by atoms with E-state index in [0.29, 0.717) is 23.1 Å². The van der Waals surface area contributed by atoms with Crippen LogP contribution in [0.2, 0.25) is 0 Å². The SMILES string of the molecule is COc1c(C(=O)N2CCC(CN)C2)sc(C)c1Br. The monoisotopic (exact) mass is 332 g/mol. The van der Waals surface area contributed by atoms with Gasteiger partial charge < -0.3 is 15.4 Å². The van der Waals surface area contributed by atoms with Gasteiger partial charge in [-0.15, -0.1) is 11.3 Å². The molecule has 0 aliphatic carbocycles. The van der Waals surface area contributed by atoms with Gasteiger partial charge in [0.05, 0.1) is 11.6 Å². The number of amides is 1. The van der Waals surface area contributed by atoms with E-state index in [1.165, 1.54) is 11.3 Å². The molecule has 0 spiro atoms. The van der Waals surface area contributed by atoms with E-state index in [0.717, 1.165) is 28.9 Å². The van der Waals surface area contributed by atoms with Crippen LogP contribution in [0, 0.1) is 12.8 Å². The lowest BCUT2D eigenvalue weighted by molar-refractivity contribution is 0.0789. The fourth-order valence-corrected chi connectivity index (χ4v) is 3.90. The number of halogens is 1. The fraction of sp³-hybridized carbons (Fsp3) is 0.583. The van der Waals surface area contributed by atoms with E-state index in [-0.39, 0.29) is 5.91 Å². The molecule has 2 heterocycles. The molecule has 0 saturated carbocycles. The van der Waals surface area contributed by atoms with Crippen LogP contribution in [0.4, 0.5) is 0 Å². The molecule has 1 aliphatic rings. The number of carbonyl (C=O) groups is 1. The second-order valence-corrected chi connectivity index (χ2v) is 6.49. The van der Waals surface area contributed by atoms with Gasteiger partial charge in [0.25, 0.3) is 5.91 Å². The number of carbonyl (C=O) groups excluding carboxylic acids is 1. The largest absolute Gasteiger partial charge is 0.494 e. The Kier molecular flexibility index (Phi) is 4.29. The van der Waals surface area contributed by atoms with Gasteiger partial charge >= 0.3 is 0 Å². The van der Waals surface area contributed by atoms with E-state index < -0.39 is 0 Å². The lowest BCUT2D eigenvalue weighted by atomic mass is 10.1. The highest BCUT2D eigenvalue weighted by molar-refractivity contribution is 9.10. The number of rotatable bonds is 3. The first-order valence-corrected chi connectivity index (χ1v) is 7.51. The molecule has 4 nitrogen and oxygen atoms in total. The van der Waals surface area contributed by atoms with Gasteiger partial charge in [0.15, 0.2) is 5.75 Å². The molecule has 1 unspecified atom stereocenters. The molecular weight excluding hydrogens is 316 g/mol. The summed E-state index contributed by atoms with van der Waals surface area (Å²) in [5.74, 6) is 1.14. The quantitative estimate of drug-likeness (QED) is 0.923. The normalized spacial score (nSPS) is 19.3. The summed E-state index contributed by atoms with van der Waals surface area (Å²) < 4.78 is 6.20. The van der Waals surface area contributed by atoms with Gasteiger partial charge in [0, 0.05) is 18.0 Å². The first kappa shape index (κ1) is 13.8. The maximum Gasteiger partial charge on any atom is 0.267 e. The van der Waals surface area contributed by atoms with Crippen LogP contribution in [0.1, 0.15) is 21.0 Å². The zero-order valence-corrected chi connectivity index (χ0v) is 12.9. The van der Waals surface area contributed by atoms with Crippen LogP contribution in [0.25, 0.3) is 0 Å². The third kappa shape index (κ3) is 2.41. The van der Waals surface area contributed by atoms with Crippen LogP contribution in [0.15, 0.2) is 4.47 Å². The van der Waals surface area contributed by atoms with Crippen molar-refractivity contribution < 1.29 is 9.53 Å². The van der Waals surface area contributed by atoms with Crippen molar-refractivity contribution in [1.82, 2.24) is 4.90 Å². The number of methoxy groups -OCH3 is 1. The Morgan fingerprint density at radius 1 is 1.67 bits per heavy atom. The van der Waals surface area contributed by atoms with Crippen LogP contribution in [0.3, 0.4) is 0 Å². The second-order valence-electron chi connectivity index (χ2n) is 4.48. The molecule has 1 amide bonds. The molecule has 2 rings (SSSR count). The summed E-state index contributed by atoms with van der Waals surface area (Å²) in [6.45, 7) is 4.17. The summed E-state index contributed by atoms with van der Waals surface area (Å²) >= 11 is 4.93. The molecular formula is C12H17BrN2O2S. The first-order chi connectivity index (χ1) is 8.58. The Bertz CT molecular complexity index is 461. The number of nitrogens with zero attached hydrogens (tertiary/aromatic N) is 1. The van der Waals surface area contributed by atoms with E-state index in [9.17, 15) is 4.79 Å². The summed E-state index contributed by atoms with van der Waals surface area (Å²) in [5, 5.41) is 0. The Labute approximate surface area is 119 Å². The minimum Gasteiger partial charge on any atom is -0.494 e. The van der Waals surface area contributed by atoms with Gasteiger partial charge in [-0.05, 0) is 41.7 Å². The van der Waals surface area contributed by atoms with Gasteiger partial charge in [-0.2, -0.15) is 0 Å². The van der Waals surface area contributed by atoms with Crippen molar-refractivity contribution in [1.29, 1.82) is 0 Å². The maximum absolute atomic E-state index is 12.4. The maximum atomic E-state index is 12.4. The minimum atomic E-state index is 0.0570. The lowest BCUT2D eigenvalue weighted by Gasteiger charge is -2.16. The standard InChI is InChI=1S/C12H17BrN2O2S/c1-7-9(13)10(17-2)11(18-7)12(16)15-4-3-8(5-14)6-15/h8H,3-6,14H2,1-2H3. The Balaban J connectivity index is 2.22. The number of hydrogen-bond donors (Lipinski definition) is 1. The topological polar surface area (TPSA) is 55.6 Å². The predicted molar refractivity (Wildman–Crippen MR) is 76.4 cm³/mol. The van der Waals surface area contributed by atoms with E-state index in [2.05, 4.69) is 15.9 Å². The molecule has 2 N–H and O–H groups in total. The van der Waals surface area contributed by atoms with Crippen molar-refractivity contribution in [2.75, 3.05) is 26.7 Å². The van der Waals surface area contributed by atoms with Crippen molar-refractivity contribution in [2.24, 2.45) is 11.7 Å². The van der Waals surface area contributed by atoms with E-state index in [1.807, 2.05) is 11.8 Å². The lowest BCUT2D eigenvalue weighted by Crippen LogP contribution is -2.29. The predicted octanol–water partition coefficient (Wildman–Crippen LogP) is 2.25. The molecule has 100 valence electrons. The summed E-state index contributed by atoms with van der Waals surface area (Å²) in [6.07, 6.45) is 0.996. The summed E-state index contributed by atoms with van der Waals surface area (Å²) in [5.41, 5.74) is 5.65. The average Bonchev–Trinajstić information content (AvgIpc) is 2.95. The number of likely N-dealkylation sites (tertiary alicyclic amines) is 1. The molecule has 18 heavy (non-hydrogen) atoms. The van der Waals surface area contributed by atoms with E-state index in [1.54, 1.807) is 7.11 Å². The average molecular weight is 333 g/mol. The van der Waals surface area contributed by atoms with Gasteiger partial charge in [-0.3, -0.25) is 4.79 Å². The van der Waals surface area contributed by atoms with Crippen molar-refractivity contribution in [3.05, 3.63) is 14.2 Å². The van der Waals surface area contributed by atoms with Gasteiger partial charge in [0.1, 0.15) is 4.88 Å². The van der Waals surface area contributed by atoms with Crippen molar-refractivity contribution in [3.63, 3.8) is 0 Å². The number of hydrogen-bond acceptors (Lipinski definition) is 4. The third-order valence-corrected chi connectivity index (χ3v) is 5.57. The molecule has 1 atom stereocenters. The summed E-state index contributed by atoms with van der Waals surface area (Å²) in [7, 11) is 1.59. The van der Waals surface area contributed by atoms with Crippen molar-refractivity contribution in [3.8, 4) is 5.75 Å². The zero-order chi connectivity index (χ0) is 13.3. The number of nitrogens with two attached hydrogens (primary N) is 1. The third-order valence-electron chi connectivity index (χ3n) is 3.27. The van der Waals surface area contributed by atoms with Gasteiger partial charge in [-0.1, -0.05) is 0 Å². The smallest absolute Gasteiger partial charge is 0.267 e. The van der Waals surface area contributed by atoms with Crippen LogP contribution >= 0.6 is 27.3 Å². The second kappa shape index (κ2) is 5.59. The number of thiophene rings is 1. The zero-order valence-electron chi connectivity index (χ0n) is 10.5. The highest BCUT2D eigenvalue weighted by Crippen LogP contribution is 2.40. The Morgan fingerprint density at radius 2 is 2.39 bits per heavy atom. The van der Waals surface area contributed by atoms with E-state index >= 15 is 0 Å². The minimum absolute atomic E-state index is 0.0570. The highest BCUT2D eigenvalue weighted by Gasteiger charge is 2.30. The molecule has 1 aliphatic heterocycles. The first-order valence-electron chi connectivity index (χ1n) is 5.90. The molecule has 6 heteroatoms.